The van der Waals surface area contributed by atoms with Crippen LogP contribution in [-0.2, 0) is 16.1 Å². The van der Waals surface area contributed by atoms with E-state index in [4.69, 9.17) is 4.74 Å². The van der Waals surface area contributed by atoms with Gasteiger partial charge in [-0.2, -0.15) is 5.10 Å². The summed E-state index contributed by atoms with van der Waals surface area (Å²) in [4.78, 5) is 12.0. The first-order chi connectivity index (χ1) is 8.12. The quantitative estimate of drug-likeness (QED) is 0.726. The van der Waals surface area contributed by atoms with E-state index >= 15 is 0 Å². The van der Waals surface area contributed by atoms with E-state index in [2.05, 4.69) is 17.3 Å². The third-order valence-electron chi connectivity index (χ3n) is 2.53. The zero-order chi connectivity index (χ0) is 12.7. The van der Waals surface area contributed by atoms with Crippen LogP contribution in [0, 0.1) is 0 Å². The van der Waals surface area contributed by atoms with Crippen molar-refractivity contribution in [2.75, 3.05) is 13.2 Å². The van der Waals surface area contributed by atoms with Crippen molar-refractivity contribution >= 4 is 5.97 Å². The molecule has 0 fully saturated rings. The molecule has 0 bridgehead atoms. The van der Waals surface area contributed by atoms with Gasteiger partial charge in [0.1, 0.15) is 5.54 Å². The minimum absolute atomic E-state index is 0.232. The lowest BCUT2D eigenvalue weighted by molar-refractivity contribution is -0.151. The van der Waals surface area contributed by atoms with Crippen LogP contribution in [0.25, 0.3) is 0 Å². The predicted octanol–water partition coefficient (Wildman–Crippen LogP) is 1.20. The Hall–Kier alpha value is -1.36. The Morgan fingerprint density at radius 2 is 2.29 bits per heavy atom. The molecular formula is C12H21N3O2. The van der Waals surface area contributed by atoms with Crippen LogP contribution in [0.5, 0.6) is 0 Å². The van der Waals surface area contributed by atoms with Crippen molar-refractivity contribution in [2.45, 2.75) is 39.3 Å². The summed E-state index contributed by atoms with van der Waals surface area (Å²) in [6.45, 7) is 7.36. The van der Waals surface area contributed by atoms with Crippen LogP contribution in [0.4, 0.5) is 0 Å². The fourth-order valence-electron chi connectivity index (χ4n) is 1.60. The van der Waals surface area contributed by atoms with Crippen molar-refractivity contribution in [3.63, 3.8) is 0 Å². The molecule has 1 N–H and O–H groups in total. The Balaban J connectivity index is 2.73. The van der Waals surface area contributed by atoms with E-state index in [-0.39, 0.29) is 5.97 Å². The van der Waals surface area contributed by atoms with Gasteiger partial charge < -0.3 is 10.1 Å². The number of rotatable bonds is 7. The van der Waals surface area contributed by atoms with Crippen molar-refractivity contribution < 1.29 is 9.53 Å². The molecule has 0 saturated heterocycles. The van der Waals surface area contributed by atoms with Gasteiger partial charge in [0.25, 0.3) is 0 Å². The molecule has 0 aromatic carbocycles. The molecule has 1 atom stereocenters. The molecule has 0 spiro atoms. The van der Waals surface area contributed by atoms with Crippen LogP contribution in [0.3, 0.4) is 0 Å². The molecule has 96 valence electrons. The van der Waals surface area contributed by atoms with Gasteiger partial charge in [-0.3, -0.25) is 4.68 Å². The second kappa shape index (κ2) is 6.39. The molecule has 1 rings (SSSR count). The summed E-state index contributed by atoms with van der Waals surface area (Å²) >= 11 is 0. The summed E-state index contributed by atoms with van der Waals surface area (Å²) in [5, 5.41) is 7.35. The first-order valence-corrected chi connectivity index (χ1v) is 6.02. The van der Waals surface area contributed by atoms with E-state index in [0.29, 0.717) is 13.2 Å². The molecule has 0 aliphatic carbocycles. The molecule has 0 amide bonds. The summed E-state index contributed by atoms with van der Waals surface area (Å²) in [6.07, 6.45) is 4.50. The fourth-order valence-corrected chi connectivity index (χ4v) is 1.60. The molecule has 1 unspecified atom stereocenters. The molecule has 1 heterocycles. The summed E-state index contributed by atoms with van der Waals surface area (Å²) < 4.78 is 6.85. The number of hydrogen-bond acceptors (Lipinski definition) is 4. The van der Waals surface area contributed by atoms with Crippen LogP contribution < -0.4 is 5.32 Å². The van der Waals surface area contributed by atoms with E-state index in [0.717, 1.165) is 13.0 Å². The average Bonchev–Trinajstić information content (AvgIpc) is 2.79. The van der Waals surface area contributed by atoms with Crippen LogP contribution in [0.1, 0.15) is 27.2 Å². The van der Waals surface area contributed by atoms with Gasteiger partial charge in [0.05, 0.1) is 13.2 Å². The van der Waals surface area contributed by atoms with Crippen LogP contribution in [-0.4, -0.2) is 34.4 Å². The highest BCUT2D eigenvalue weighted by molar-refractivity contribution is 5.80. The average molecular weight is 239 g/mol. The van der Waals surface area contributed by atoms with E-state index in [1.54, 1.807) is 10.9 Å². The highest BCUT2D eigenvalue weighted by Gasteiger charge is 2.34. The maximum atomic E-state index is 12.0. The van der Waals surface area contributed by atoms with Gasteiger partial charge in [0, 0.05) is 12.4 Å². The monoisotopic (exact) mass is 239 g/mol. The minimum Gasteiger partial charge on any atom is -0.465 e. The third kappa shape index (κ3) is 3.85. The summed E-state index contributed by atoms with van der Waals surface area (Å²) in [5.74, 6) is -0.232. The number of esters is 1. The molecule has 5 nitrogen and oxygen atoms in total. The molecule has 17 heavy (non-hydrogen) atoms. The Kier molecular flexibility index (Phi) is 5.15. The molecule has 0 aliphatic heterocycles. The zero-order valence-electron chi connectivity index (χ0n) is 10.8. The van der Waals surface area contributed by atoms with Gasteiger partial charge in [-0.25, -0.2) is 4.79 Å². The molecule has 0 saturated carbocycles. The molecule has 0 aliphatic rings. The molecule has 5 heteroatoms. The number of hydrogen-bond donors (Lipinski definition) is 1. The van der Waals surface area contributed by atoms with Gasteiger partial charge in [-0.15, -0.1) is 0 Å². The van der Waals surface area contributed by atoms with E-state index in [1.165, 1.54) is 0 Å². The lowest BCUT2D eigenvalue weighted by atomic mass is 10.0. The van der Waals surface area contributed by atoms with Gasteiger partial charge in [-0.05, 0) is 32.9 Å². The van der Waals surface area contributed by atoms with Gasteiger partial charge in [-0.1, -0.05) is 6.92 Å². The molecule has 1 aromatic heterocycles. The van der Waals surface area contributed by atoms with Crippen molar-refractivity contribution in [3.05, 3.63) is 18.5 Å². The fraction of sp³-hybridized carbons (Fsp3) is 0.667. The number of nitrogens with one attached hydrogen (secondary N) is 1. The minimum atomic E-state index is -0.724. The van der Waals surface area contributed by atoms with Crippen molar-refractivity contribution in [3.8, 4) is 0 Å². The van der Waals surface area contributed by atoms with Crippen molar-refractivity contribution in [1.29, 1.82) is 0 Å². The largest absolute Gasteiger partial charge is 0.465 e. The highest BCUT2D eigenvalue weighted by atomic mass is 16.5. The van der Waals surface area contributed by atoms with Gasteiger partial charge in [0.2, 0.25) is 0 Å². The van der Waals surface area contributed by atoms with E-state index in [1.807, 2.05) is 26.1 Å². The number of nitrogens with zero attached hydrogens (tertiary/aromatic N) is 2. The summed E-state index contributed by atoms with van der Waals surface area (Å²) in [6, 6.07) is 1.84. The molecule has 0 radical (unpaired) electrons. The number of aromatic nitrogens is 2. The predicted molar refractivity (Wildman–Crippen MR) is 65.6 cm³/mol. The summed E-state index contributed by atoms with van der Waals surface area (Å²) in [7, 11) is 0. The molecule has 1 aromatic rings. The second-order valence-corrected chi connectivity index (χ2v) is 4.18. The third-order valence-corrected chi connectivity index (χ3v) is 2.53. The maximum Gasteiger partial charge on any atom is 0.327 e. The van der Waals surface area contributed by atoms with Crippen LogP contribution in [0.15, 0.2) is 18.5 Å². The Labute approximate surface area is 102 Å². The second-order valence-electron chi connectivity index (χ2n) is 4.18. The first kappa shape index (κ1) is 13.7. The Morgan fingerprint density at radius 1 is 1.53 bits per heavy atom. The number of carbonyl (C=O) groups excluding carboxylic acids is 1. The Bertz CT molecular complexity index is 338. The van der Waals surface area contributed by atoms with Crippen molar-refractivity contribution in [2.24, 2.45) is 0 Å². The Morgan fingerprint density at radius 3 is 2.82 bits per heavy atom. The zero-order valence-corrected chi connectivity index (χ0v) is 10.8. The van der Waals surface area contributed by atoms with Gasteiger partial charge in [0.15, 0.2) is 0 Å². The van der Waals surface area contributed by atoms with Gasteiger partial charge >= 0.3 is 5.97 Å². The normalized spacial score (nSPS) is 14.3. The smallest absolute Gasteiger partial charge is 0.327 e. The number of carbonyl (C=O) groups is 1. The SMILES string of the molecule is CCCNC(C)(Cn1cccn1)C(=O)OCC. The maximum absolute atomic E-state index is 12.0. The number of ether oxygens (including phenoxy) is 1. The molecular weight excluding hydrogens is 218 g/mol. The highest BCUT2D eigenvalue weighted by Crippen LogP contribution is 2.10. The van der Waals surface area contributed by atoms with Crippen LogP contribution >= 0.6 is 0 Å². The van der Waals surface area contributed by atoms with Crippen LogP contribution in [0.2, 0.25) is 0 Å². The lowest BCUT2D eigenvalue weighted by Crippen LogP contribution is -2.53. The van der Waals surface area contributed by atoms with E-state index < -0.39 is 5.54 Å². The first-order valence-electron chi connectivity index (χ1n) is 6.02. The summed E-state index contributed by atoms with van der Waals surface area (Å²) in [5.41, 5.74) is -0.724. The topological polar surface area (TPSA) is 56.2 Å². The lowest BCUT2D eigenvalue weighted by Gasteiger charge is -2.28. The standard InChI is InChI=1S/C12H21N3O2/c1-4-7-13-12(3,11(16)17-5-2)10-15-9-6-8-14-15/h6,8-9,13H,4-5,7,10H2,1-3H3. The van der Waals surface area contributed by atoms with Crippen molar-refractivity contribution in [1.82, 2.24) is 15.1 Å². The van der Waals surface area contributed by atoms with E-state index in [9.17, 15) is 4.79 Å².